The summed E-state index contributed by atoms with van der Waals surface area (Å²) in [5, 5.41) is 12.0. The number of aromatic hydroxyl groups is 1. The summed E-state index contributed by atoms with van der Waals surface area (Å²) in [5.41, 5.74) is 0.511. The number of nitrogens with zero attached hydrogens (tertiary/aromatic N) is 1. The minimum Gasteiger partial charge on any atom is -0.508 e. The topological polar surface area (TPSA) is 113 Å². The number of phenols is 1. The highest BCUT2D eigenvalue weighted by molar-refractivity contribution is 7.89. The largest absolute Gasteiger partial charge is 0.508 e. The van der Waals surface area contributed by atoms with E-state index in [0.717, 1.165) is 12.8 Å². The lowest BCUT2D eigenvalue weighted by Crippen LogP contribution is -2.30. The van der Waals surface area contributed by atoms with Crippen molar-refractivity contribution in [2.45, 2.75) is 30.8 Å². The van der Waals surface area contributed by atoms with Gasteiger partial charge in [0.15, 0.2) is 6.10 Å². The monoisotopic (exact) mass is 418 g/mol. The maximum atomic E-state index is 12.5. The second kappa shape index (κ2) is 8.62. The van der Waals surface area contributed by atoms with Gasteiger partial charge in [0.25, 0.3) is 5.91 Å². The van der Waals surface area contributed by atoms with Gasteiger partial charge in [-0.05, 0) is 62.2 Å². The molecular formula is C20H22N2O6S. The lowest BCUT2D eigenvalue weighted by atomic mass is 10.2. The normalized spacial score (nSPS) is 15.6. The molecular weight excluding hydrogens is 396 g/mol. The highest BCUT2D eigenvalue weighted by Gasteiger charge is 2.27. The zero-order valence-corrected chi connectivity index (χ0v) is 16.7. The summed E-state index contributed by atoms with van der Waals surface area (Å²) in [5.74, 6) is -1.38. The van der Waals surface area contributed by atoms with Gasteiger partial charge in [-0.1, -0.05) is 6.07 Å². The minimum atomic E-state index is -3.52. The number of phenolic OH excluding ortho intramolecular Hbond substituents is 1. The van der Waals surface area contributed by atoms with E-state index in [9.17, 15) is 23.1 Å². The number of carbonyl (C=O) groups is 2. The van der Waals surface area contributed by atoms with Crippen molar-refractivity contribution in [1.82, 2.24) is 4.31 Å². The second-order valence-electron chi connectivity index (χ2n) is 6.72. The number of sulfonamides is 1. The molecule has 2 N–H and O–H groups in total. The number of ether oxygens (including phenoxy) is 1. The first-order chi connectivity index (χ1) is 13.8. The fraction of sp³-hybridized carbons (Fsp3) is 0.300. The van der Waals surface area contributed by atoms with Gasteiger partial charge in [0.1, 0.15) is 5.75 Å². The van der Waals surface area contributed by atoms with Crippen molar-refractivity contribution in [3.63, 3.8) is 0 Å². The number of esters is 1. The molecule has 1 aliphatic heterocycles. The van der Waals surface area contributed by atoms with Crippen LogP contribution in [-0.2, 0) is 19.6 Å². The summed E-state index contributed by atoms with van der Waals surface area (Å²) >= 11 is 0. The number of carbonyl (C=O) groups excluding carboxylic acids is 2. The van der Waals surface area contributed by atoms with Crippen molar-refractivity contribution in [2.75, 3.05) is 18.4 Å². The molecule has 1 heterocycles. The number of hydrogen-bond acceptors (Lipinski definition) is 6. The number of rotatable bonds is 6. The van der Waals surface area contributed by atoms with Crippen LogP contribution in [0.5, 0.6) is 5.75 Å². The summed E-state index contributed by atoms with van der Waals surface area (Å²) in [6, 6.07) is 11.5. The Morgan fingerprint density at radius 2 is 1.76 bits per heavy atom. The van der Waals surface area contributed by atoms with Crippen molar-refractivity contribution in [2.24, 2.45) is 0 Å². The molecule has 0 saturated carbocycles. The second-order valence-corrected chi connectivity index (χ2v) is 8.66. The maximum Gasteiger partial charge on any atom is 0.339 e. The third-order valence-electron chi connectivity index (χ3n) is 4.56. The maximum absolute atomic E-state index is 12.5. The fourth-order valence-electron chi connectivity index (χ4n) is 2.95. The third-order valence-corrected chi connectivity index (χ3v) is 6.47. The predicted molar refractivity (Wildman–Crippen MR) is 106 cm³/mol. The van der Waals surface area contributed by atoms with E-state index >= 15 is 0 Å². The quantitative estimate of drug-likeness (QED) is 0.697. The Hall–Kier alpha value is -2.91. The van der Waals surface area contributed by atoms with E-state index in [-0.39, 0.29) is 16.2 Å². The first kappa shape index (κ1) is 20.8. The number of amides is 1. The summed E-state index contributed by atoms with van der Waals surface area (Å²) in [6.07, 6.45) is 0.622. The van der Waals surface area contributed by atoms with E-state index in [0.29, 0.717) is 18.8 Å². The van der Waals surface area contributed by atoms with Crippen molar-refractivity contribution in [3.8, 4) is 5.75 Å². The Morgan fingerprint density at radius 3 is 2.38 bits per heavy atom. The molecule has 3 rings (SSSR count). The number of hydrogen-bond donors (Lipinski definition) is 2. The van der Waals surface area contributed by atoms with Gasteiger partial charge in [0.2, 0.25) is 10.0 Å². The van der Waals surface area contributed by atoms with Crippen LogP contribution in [0, 0.1) is 0 Å². The van der Waals surface area contributed by atoms with Crippen molar-refractivity contribution in [1.29, 1.82) is 0 Å². The molecule has 0 aromatic heterocycles. The van der Waals surface area contributed by atoms with Crippen LogP contribution in [0.25, 0.3) is 0 Å². The fourth-order valence-corrected chi connectivity index (χ4v) is 4.46. The third kappa shape index (κ3) is 4.93. The number of nitrogens with one attached hydrogen (secondary N) is 1. The van der Waals surface area contributed by atoms with Crippen molar-refractivity contribution in [3.05, 3.63) is 54.1 Å². The molecule has 2 aromatic carbocycles. The highest BCUT2D eigenvalue weighted by atomic mass is 32.2. The average Bonchev–Trinajstić information content (AvgIpc) is 3.24. The van der Waals surface area contributed by atoms with Crippen LogP contribution in [0.15, 0.2) is 53.4 Å². The highest BCUT2D eigenvalue weighted by Crippen LogP contribution is 2.22. The zero-order valence-electron chi connectivity index (χ0n) is 15.9. The summed E-state index contributed by atoms with van der Waals surface area (Å²) in [7, 11) is -3.52. The van der Waals surface area contributed by atoms with E-state index < -0.39 is 28.0 Å². The van der Waals surface area contributed by atoms with Crippen LogP contribution < -0.4 is 5.32 Å². The van der Waals surface area contributed by atoms with Gasteiger partial charge in [-0.2, -0.15) is 4.31 Å². The minimum absolute atomic E-state index is 0.0828. The SMILES string of the molecule is C[C@@H](OC(=O)c1cccc(O)c1)C(=O)Nc1ccc(S(=O)(=O)N2CCCC2)cc1. The molecule has 8 nitrogen and oxygen atoms in total. The molecule has 154 valence electrons. The molecule has 2 aromatic rings. The van der Waals surface area contributed by atoms with E-state index in [1.54, 1.807) is 0 Å². The summed E-state index contributed by atoms with van der Waals surface area (Å²) < 4.78 is 31.6. The zero-order chi connectivity index (χ0) is 21.0. The molecule has 1 amide bonds. The Labute approximate surface area is 169 Å². The van der Waals surface area contributed by atoms with Gasteiger partial charge in [0, 0.05) is 18.8 Å². The molecule has 1 aliphatic rings. The predicted octanol–water partition coefficient (Wildman–Crippen LogP) is 2.36. The van der Waals surface area contributed by atoms with Crippen molar-refractivity contribution < 1.29 is 27.9 Å². The van der Waals surface area contributed by atoms with Crippen LogP contribution in [-0.4, -0.2) is 48.9 Å². The molecule has 29 heavy (non-hydrogen) atoms. The first-order valence-corrected chi connectivity index (χ1v) is 10.6. The van der Waals surface area contributed by atoms with E-state index in [1.165, 1.54) is 59.8 Å². The molecule has 0 bridgehead atoms. The van der Waals surface area contributed by atoms with Gasteiger partial charge >= 0.3 is 5.97 Å². The number of benzene rings is 2. The van der Waals surface area contributed by atoms with Gasteiger partial charge in [-0.25, -0.2) is 13.2 Å². The summed E-state index contributed by atoms with van der Waals surface area (Å²) in [6.45, 7) is 2.45. The van der Waals surface area contributed by atoms with Gasteiger partial charge in [0.05, 0.1) is 10.5 Å². The van der Waals surface area contributed by atoms with Crippen LogP contribution in [0.2, 0.25) is 0 Å². The standard InChI is InChI=1S/C20H22N2O6S/c1-14(28-20(25)15-5-4-6-17(23)13-15)19(24)21-16-7-9-18(10-8-16)29(26,27)22-11-2-3-12-22/h4-10,13-14,23H,2-3,11-12H2,1H3,(H,21,24)/t14-/m1/s1. The van der Waals surface area contributed by atoms with Crippen LogP contribution in [0.1, 0.15) is 30.1 Å². The summed E-state index contributed by atoms with van der Waals surface area (Å²) in [4.78, 5) is 24.5. The van der Waals surface area contributed by atoms with Gasteiger partial charge < -0.3 is 15.2 Å². The molecule has 1 saturated heterocycles. The lowest BCUT2D eigenvalue weighted by Gasteiger charge is -2.16. The van der Waals surface area contributed by atoms with Crippen LogP contribution in [0.3, 0.4) is 0 Å². The molecule has 9 heteroatoms. The smallest absolute Gasteiger partial charge is 0.339 e. The Kier molecular flexibility index (Phi) is 6.19. The van der Waals surface area contributed by atoms with Crippen LogP contribution in [0.4, 0.5) is 5.69 Å². The molecule has 0 unspecified atom stereocenters. The van der Waals surface area contributed by atoms with E-state index in [2.05, 4.69) is 5.32 Å². The van der Waals surface area contributed by atoms with Crippen LogP contribution >= 0.6 is 0 Å². The van der Waals surface area contributed by atoms with Crippen molar-refractivity contribution >= 4 is 27.6 Å². The molecule has 1 atom stereocenters. The van der Waals surface area contributed by atoms with Gasteiger partial charge in [-0.3, -0.25) is 4.79 Å². The lowest BCUT2D eigenvalue weighted by molar-refractivity contribution is -0.123. The molecule has 0 spiro atoms. The Bertz CT molecular complexity index is 998. The Morgan fingerprint density at radius 1 is 1.10 bits per heavy atom. The van der Waals surface area contributed by atoms with E-state index in [1.807, 2.05) is 0 Å². The average molecular weight is 418 g/mol. The van der Waals surface area contributed by atoms with Gasteiger partial charge in [-0.15, -0.1) is 0 Å². The Balaban J connectivity index is 1.60. The molecule has 1 fully saturated rings. The first-order valence-electron chi connectivity index (χ1n) is 9.18. The molecule has 0 aliphatic carbocycles. The van der Waals surface area contributed by atoms with E-state index in [4.69, 9.17) is 4.74 Å². The molecule has 0 radical (unpaired) electrons. The number of anilines is 1.